The molecular formula is C29H31NO4. The van der Waals surface area contributed by atoms with E-state index in [9.17, 15) is 4.79 Å². The summed E-state index contributed by atoms with van der Waals surface area (Å²) in [7, 11) is 1.74. The highest BCUT2D eigenvalue weighted by Crippen LogP contribution is 2.25. The average Bonchev–Trinajstić information content (AvgIpc) is 3.18. The fourth-order valence-corrected chi connectivity index (χ4v) is 4.25. The minimum absolute atomic E-state index is 0.0290. The molecule has 34 heavy (non-hydrogen) atoms. The Hall–Kier alpha value is -3.57. The van der Waals surface area contributed by atoms with Gasteiger partial charge in [0.15, 0.2) is 0 Å². The lowest BCUT2D eigenvalue weighted by molar-refractivity contribution is -0.137. The van der Waals surface area contributed by atoms with Crippen molar-refractivity contribution in [1.82, 2.24) is 4.57 Å². The van der Waals surface area contributed by atoms with Crippen molar-refractivity contribution in [2.45, 2.75) is 38.8 Å². The lowest BCUT2D eigenvalue weighted by Crippen LogP contribution is -2.07. The van der Waals surface area contributed by atoms with E-state index in [0.717, 1.165) is 29.8 Å². The second kappa shape index (κ2) is 11.0. The molecule has 0 bridgehead atoms. The Morgan fingerprint density at radius 1 is 0.971 bits per heavy atom. The fraction of sp³-hybridized carbons (Fsp3) is 0.276. The van der Waals surface area contributed by atoms with Crippen LogP contribution in [0.1, 0.15) is 41.6 Å². The number of aromatic nitrogens is 1. The number of carbonyl (C=O) groups is 1. The van der Waals surface area contributed by atoms with Crippen molar-refractivity contribution in [3.63, 3.8) is 0 Å². The molecule has 1 aromatic heterocycles. The molecule has 1 N–H and O–H groups in total. The molecule has 1 heterocycles. The van der Waals surface area contributed by atoms with Crippen LogP contribution in [0, 0.1) is 0 Å². The maximum Gasteiger partial charge on any atom is 0.303 e. The van der Waals surface area contributed by atoms with Crippen molar-refractivity contribution >= 4 is 16.9 Å². The molecule has 0 aliphatic rings. The summed E-state index contributed by atoms with van der Waals surface area (Å²) in [5.74, 6) is -0.0453. The Balaban J connectivity index is 1.52. The Morgan fingerprint density at radius 3 is 2.44 bits per heavy atom. The zero-order chi connectivity index (χ0) is 23.9. The average molecular weight is 458 g/mol. The molecule has 0 aliphatic heterocycles. The predicted molar refractivity (Wildman–Crippen MR) is 135 cm³/mol. The molecule has 5 nitrogen and oxygen atoms in total. The molecule has 4 aromatic rings. The number of benzene rings is 3. The minimum Gasteiger partial charge on any atom is -0.489 e. The third kappa shape index (κ3) is 5.86. The summed E-state index contributed by atoms with van der Waals surface area (Å²) in [4.78, 5) is 10.9. The van der Waals surface area contributed by atoms with Crippen LogP contribution in [-0.4, -0.2) is 29.4 Å². The Kier molecular flexibility index (Phi) is 7.65. The van der Waals surface area contributed by atoms with E-state index >= 15 is 0 Å². The van der Waals surface area contributed by atoms with Gasteiger partial charge in [-0.1, -0.05) is 61.5 Å². The molecule has 1 unspecified atom stereocenters. The first-order valence-corrected chi connectivity index (χ1v) is 11.6. The molecule has 1 atom stereocenters. The molecular weight excluding hydrogens is 426 g/mol. The van der Waals surface area contributed by atoms with E-state index in [0.29, 0.717) is 13.2 Å². The lowest BCUT2D eigenvalue weighted by Gasteiger charge is -2.13. The SMILES string of the molecule is COCCc1cc2ccc(COc3ccc(C(C)CC(=O)O)cc3)cc2n1Cc1ccccc1. The van der Waals surface area contributed by atoms with Crippen molar-refractivity contribution in [3.8, 4) is 5.75 Å². The smallest absolute Gasteiger partial charge is 0.303 e. The van der Waals surface area contributed by atoms with Crippen LogP contribution in [0.25, 0.3) is 10.9 Å². The largest absolute Gasteiger partial charge is 0.489 e. The summed E-state index contributed by atoms with van der Waals surface area (Å²) in [5, 5.41) is 10.2. The van der Waals surface area contributed by atoms with Gasteiger partial charge in [0.05, 0.1) is 13.0 Å². The first kappa shape index (κ1) is 23.6. The minimum atomic E-state index is -0.786. The summed E-state index contributed by atoms with van der Waals surface area (Å²) < 4.78 is 13.7. The highest BCUT2D eigenvalue weighted by Gasteiger charge is 2.12. The molecule has 0 fully saturated rings. The van der Waals surface area contributed by atoms with Crippen LogP contribution in [0.2, 0.25) is 0 Å². The number of fused-ring (bicyclic) bond motifs is 1. The quantitative estimate of drug-likeness (QED) is 0.298. The van der Waals surface area contributed by atoms with Gasteiger partial charge in [-0.2, -0.15) is 0 Å². The zero-order valence-corrected chi connectivity index (χ0v) is 19.7. The second-order valence-electron chi connectivity index (χ2n) is 8.70. The number of rotatable bonds is 11. The van der Waals surface area contributed by atoms with Gasteiger partial charge >= 0.3 is 5.97 Å². The molecule has 0 spiro atoms. The van der Waals surface area contributed by atoms with Gasteiger partial charge in [0, 0.05) is 31.3 Å². The van der Waals surface area contributed by atoms with Gasteiger partial charge in [-0.05, 0) is 52.3 Å². The van der Waals surface area contributed by atoms with Gasteiger partial charge in [0.25, 0.3) is 0 Å². The van der Waals surface area contributed by atoms with Crippen molar-refractivity contribution in [2.24, 2.45) is 0 Å². The maximum atomic E-state index is 10.9. The van der Waals surface area contributed by atoms with Gasteiger partial charge in [0.1, 0.15) is 12.4 Å². The number of carboxylic acid groups (broad SMARTS) is 1. The molecule has 3 aromatic carbocycles. The van der Waals surface area contributed by atoms with Gasteiger partial charge in [-0.3, -0.25) is 4.79 Å². The van der Waals surface area contributed by atoms with Crippen LogP contribution in [0.15, 0.2) is 78.9 Å². The summed E-state index contributed by atoms with van der Waals surface area (Å²) >= 11 is 0. The van der Waals surface area contributed by atoms with Crippen LogP contribution in [0.5, 0.6) is 5.75 Å². The van der Waals surface area contributed by atoms with Crippen molar-refractivity contribution in [3.05, 3.63) is 101 Å². The highest BCUT2D eigenvalue weighted by atomic mass is 16.5. The first-order valence-electron chi connectivity index (χ1n) is 11.6. The van der Waals surface area contributed by atoms with Crippen LogP contribution in [0.3, 0.4) is 0 Å². The van der Waals surface area contributed by atoms with E-state index in [1.54, 1.807) is 7.11 Å². The van der Waals surface area contributed by atoms with Crippen molar-refractivity contribution in [1.29, 1.82) is 0 Å². The number of hydrogen-bond acceptors (Lipinski definition) is 3. The number of ether oxygens (including phenoxy) is 2. The lowest BCUT2D eigenvalue weighted by atomic mass is 9.98. The van der Waals surface area contributed by atoms with Gasteiger partial charge in [-0.25, -0.2) is 0 Å². The molecule has 0 saturated heterocycles. The van der Waals surface area contributed by atoms with E-state index in [2.05, 4.69) is 53.1 Å². The van der Waals surface area contributed by atoms with Gasteiger partial charge in [-0.15, -0.1) is 0 Å². The summed E-state index contributed by atoms with van der Waals surface area (Å²) in [6, 6.07) is 26.9. The highest BCUT2D eigenvalue weighted by molar-refractivity contribution is 5.82. The molecule has 4 rings (SSSR count). The number of nitrogens with zero attached hydrogens (tertiary/aromatic N) is 1. The van der Waals surface area contributed by atoms with Crippen molar-refractivity contribution in [2.75, 3.05) is 13.7 Å². The fourth-order valence-electron chi connectivity index (χ4n) is 4.25. The molecule has 5 heteroatoms. The summed E-state index contributed by atoms with van der Waals surface area (Å²) in [6.07, 6.45) is 0.978. The number of methoxy groups -OCH3 is 1. The van der Waals surface area contributed by atoms with E-state index in [-0.39, 0.29) is 12.3 Å². The summed E-state index contributed by atoms with van der Waals surface area (Å²) in [5.41, 5.74) is 5.80. The predicted octanol–water partition coefficient (Wildman–Crippen LogP) is 6.04. The molecule has 0 radical (unpaired) electrons. The molecule has 0 saturated carbocycles. The Labute approximate surface area is 200 Å². The van der Waals surface area contributed by atoms with Crippen LogP contribution in [-0.2, 0) is 29.1 Å². The molecule has 0 amide bonds. The van der Waals surface area contributed by atoms with E-state index in [1.807, 2.05) is 37.3 Å². The van der Waals surface area contributed by atoms with Crippen LogP contribution < -0.4 is 4.74 Å². The van der Waals surface area contributed by atoms with Gasteiger partial charge < -0.3 is 19.1 Å². The first-order chi connectivity index (χ1) is 16.5. The Bertz CT molecular complexity index is 1230. The number of aliphatic carboxylic acids is 1. The third-order valence-electron chi connectivity index (χ3n) is 6.14. The number of hydrogen-bond donors (Lipinski definition) is 1. The van der Waals surface area contributed by atoms with Gasteiger partial charge in [0.2, 0.25) is 0 Å². The van der Waals surface area contributed by atoms with Crippen LogP contribution in [0.4, 0.5) is 0 Å². The zero-order valence-electron chi connectivity index (χ0n) is 19.7. The Morgan fingerprint density at radius 2 is 1.74 bits per heavy atom. The monoisotopic (exact) mass is 457 g/mol. The van der Waals surface area contributed by atoms with E-state index in [4.69, 9.17) is 14.6 Å². The second-order valence-corrected chi connectivity index (χ2v) is 8.70. The standard InChI is InChI=1S/C29H31NO4/c1-21(16-29(31)32)24-10-12-27(13-11-24)34-20-23-8-9-25-18-26(14-15-33-2)30(28(25)17-23)19-22-6-4-3-5-7-22/h3-13,17-18,21H,14-16,19-20H2,1-2H3,(H,31,32). The van der Waals surface area contributed by atoms with E-state index < -0.39 is 5.97 Å². The van der Waals surface area contributed by atoms with Crippen LogP contribution >= 0.6 is 0 Å². The van der Waals surface area contributed by atoms with Crippen molar-refractivity contribution < 1.29 is 19.4 Å². The topological polar surface area (TPSA) is 60.7 Å². The number of carboxylic acids is 1. The maximum absolute atomic E-state index is 10.9. The molecule has 176 valence electrons. The normalized spacial score (nSPS) is 12.1. The summed E-state index contributed by atoms with van der Waals surface area (Å²) in [6.45, 7) is 3.88. The van der Waals surface area contributed by atoms with E-state index in [1.165, 1.54) is 22.2 Å². The third-order valence-corrected chi connectivity index (χ3v) is 6.14. The molecule has 0 aliphatic carbocycles.